The molecule has 3 aromatic heterocycles. The first-order valence-corrected chi connectivity index (χ1v) is 9.11. The highest BCUT2D eigenvalue weighted by Gasteiger charge is 2.21. The quantitative estimate of drug-likeness (QED) is 0.574. The smallest absolute Gasteiger partial charge is 0.330 e. The van der Waals surface area contributed by atoms with Gasteiger partial charge in [-0.15, -0.1) is 5.10 Å². The summed E-state index contributed by atoms with van der Waals surface area (Å²) in [4.78, 5) is 20.2. The van der Waals surface area contributed by atoms with Crippen LogP contribution in [-0.2, 0) is 16.8 Å². The monoisotopic (exact) mass is 398 g/mol. The van der Waals surface area contributed by atoms with Gasteiger partial charge in [0.25, 0.3) is 5.56 Å². The normalized spacial score (nSPS) is 12.0. The van der Waals surface area contributed by atoms with Gasteiger partial charge in [-0.25, -0.2) is 4.98 Å². The van der Waals surface area contributed by atoms with Gasteiger partial charge in [0, 0.05) is 32.1 Å². The zero-order valence-electron chi connectivity index (χ0n) is 14.1. The Morgan fingerprint density at radius 3 is 2.65 bits per heavy atom. The van der Waals surface area contributed by atoms with Crippen LogP contribution in [0.2, 0.25) is 5.15 Å². The number of nitrogens with zero attached hydrogens (tertiary/aromatic N) is 6. The van der Waals surface area contributed by atoms with E-state index < -0.39 is 21.9 Å². The second-order valence-electron chi connectivity index (χ2n) is 5.63. The van der Waals surface area contributed by atoms with Crippen molar-refractivity contribution in [1.82, 2.24) is 28.5 Å². The van der Waals surface area contributed by atoms with Gasteiger partial charge >= 0.3 is 16.3 Å². The molecule has 0 saturated carbocycles. The molecule has 3 heterocycles. The molecule has 10 nitrogen and oxygen atoms in total. The van der Waals surface area contributed by atoms with E-state index in [2.05, 4.69) is 15.1 Å². The van der Waals surface area contributed by atoms with Crippen molar-refractivity contribution in [2.75, 3.05) is 14.1 Å². The van der Waals surface area contributed by atoms with Gasteiger partial charge in [0.2, 0.25) is 5.78 Å². The lowest BCUT2D eigenvalue weighted by molar-refractivity contribution is 0.406. The minimum absolute atomic E-state index is 0.147. The number of hydrogen-bond donors (Lipinski definition) is 0. The summed E-state index contributed by atoms with van der Waals surface area (Å²) in [6.07, 6.45) is 1.60. The number of aromatic nitrogens is 5. The SMILES string of the molecule is Cc1cc(=O)n2nc(OS(=O)(=O)N(C)C)nc2n1Cc1ccc(Cl)nc1. The van der Waals surface area contributed by atoms with Gasteiger partial charge in [-0.1, -0.05) is 17.7 Å². The lowest BCUT2D eigenvalue weighted by Crippen LogP contribution is -2.27. The van der Waals surface area contributed by atoms with Crippen molar-refractivity contribution in [2.45, 2.75) is 13.5 Å². The molecule has 0 aliphatic rings. The Labute approximate surface area is 153 Å². The third kappa shape index (κ3) is 3.54. The van der Waals surface area contributed by atoms with Crippen LogP contribution >= 0.6 is 11.6 Å². The maximum atomic E-state index is 12.2. The molecule has 0 amide bonds. The Morgan fingerprint density at radius 1 is 1.31 bits per heavy atom. The first-order chi connectivity index (χ1) is 12.2. The molecule has 138 valence electrons. The molecule has 0 aliphatic carbocycles. The van der Waals surface area contributed by atoms with E-state index in [1.807, 2.05) is 0 Å². The Morgan fingerprint density at radius 2 is 2.04 bits per heavy atom. The van der Waals surface area contributed by atoms with Crippen LogP contribution in [0.25, 0.3) is 5.78 Å². The summed E-state index contributed by atoms with van der Waals surface area (Å²) in [6.45, 7) is 2.06. The number of aryl methyl sites for hydroxylation is 1. The van der Waals surface area contributed by atoms with E-state index in [1.54, 1.807) is 29.8 Å². The van der Waals surface area contributed by atoms with E-state index in [1.165, 1.54) is 20.2 Å². The second kappa shape index (κ2) is 6.67. The fraction of sp³-hybridized carbons (Fsp3) is 0.286. The average molecular weight is 399 g/mol. The molecule has 0 atom stereocenters. The number of halogens is 1. The first-order valence-electron chi connectivity index (χ1n) is 7.37. The molecule has 12 heteroatoms. The molecule has 0 N–H and O–H groups in total. The van der Waals surface area contributed by atoms with Gasteiger partial charge in [0.1, 0.15) is 5.15 Å². The summed E-state index contributed by atoms with van der Waals surface area (Å²) in [7, 11) is -1.42. The van der Waals surface area contributed by atoms with Gasteiger partial charge in [-0.3, -0.25) is 4.79 Å². The van der Waals surface area contributed by atoms with Crippen LogP contribution in [0, 0.1) is 6.92 Å². The summed E-state index contributed by atoms with van der Waals surface area (Å²) in [5, 5.41) is 4.21. The molecule has 0 fully saturated rings. The van der Waals surface area contributed by atoms with E-state index >= 15 is 0 Å². The Balaban J connectivity index is 2.08. The summed E-state index contributed by atoms with van der Waals surface area (Å²) in [6, 6.07) is 4.36. The van der Waals surface area contributed by atoms with Crippen LogP contribution in [0.1, 0.15) is 11.3 Å². The van der Waals surface area contributed by atoms with Crippen LogP contribution < -0.4 is 9.74 Å². The molecule has 0 radical (unpaired) electrons. The van der Waals surface area contributed by atoms with Crippen LogP contribution in [0.15, 0.2) is 29.2 Å². The van der Waals surface area contributed by atoms with Crippen molar-refractivity contribution in [3.05, 3.63) is 51.2 Å². The van der Waals surface area contributed by atoms with Crippen molar-refractivity contribution in [3.8, 4) is 6.01 Å². The third-order valence-electron chi connectivity index (χ3n) is 3.54. The molecule has 3 rings (SSSR count). The highest BCUT2D eigenvalue weighted by molar-refractivity contribution is 7.84. The standard InChI is InChI=1S/C14H15ClN6O4S/c1-9-6-12(22)21-14(17-13(18-21)25-26(23,24)19(2)3)20(9)8-10-4-5-11(15)16-7-10/h4-7H,8H2,1-3H3. The van der Waals surface area contributed by atoms with E-state index in [0.29, 0.717) is 17.4 Å². The summed E-state index contributed by atoms with van der Waals surface area (Å²) >= 11 is 5.79. The molecule has 26 heavy (non-hydrogen) atoms. The van der Waals surface area contributed by atoms with Crippen molar-refractivity contribution >= 4 is 27.7 Å². The summed E-state index contributed by atoms with van der Waals surface area (Å²) in [5.41, 5.74) is 0.980. The minimum Gasteiger partial charge on any atom is -0.330 e. The molecule has 0 bridgehead atoms. The van der Waals surface area contributed by atoms with Crippen molar-refractivity contribution in [1.29, 1.82) is 0 Å². The zero-order chi connectivity index (χ0) is 19.1. The summed E-state index contributed by atoms with van der Waals surface area (Å²) in [5.74, 6) is 0.147. The Hall–Kier alpha value is -2.50. The van der Waals surface area contributed by atoms with Gasteiger partial charge in [0.05, 0.1) is 6.54 Å². The average Bonchev–Trinajstić information content (AvgIpc) is 2.96. The van der Waals surface area contributed by atoms with Gasteiger partial charge in [0.15, 0.2) is 0 Å². The molecule has 0 aliphatic heterocycles. The highest BCUT2D eigenvalue weighted by atomic mass is 35.5. The van der Waals surface area contributed by atoms with Crippen LogP contribution in [0.5, 0.6) is 6.01 Å². The minimum atomic E-state index is -4.04. The van der Waals surface area contributed by atoms with Crippen molar-refractivity contribution in [2.24, 2.45) is 0 Å². The first kappa shape index (κ1) is 18.3. The Kier molecular flexibility index (Phi) is 4.69. The molecule has 0 unspecified atom stereocenters. The molecule has 0 spiro atoms. The van der Waals surface area contributed by atoms with E-state index in [4.69, 9.17) is 15.8 Å². The Bertz CT molecular complexity index is 1120. The van der Waals surface area contributed by atoms with E-state index in [0.717, 1.165) is 14.4 Å². The van der Waals surface area contributed by atoms with Crippen molar-refractivity contribution in [3.63, 3.8) is 0 Å². The van der Waals surface area contributed by atoms with Gasteiger partial charge < -0.3 is 8.75 Å². The predicted molar refractivity (Wildman–Crippen MR) is 93.6 cm³/mol. The second-order valence-corrected chi connectivity index (χ2v) is 7.77. The number of pyridine rings is 1. The largest absolute Gasteiger partial charge is 0.387 e. The van der Waals surface area contributed by atoms with Crippen LogP contribution in [0.3, 0.4) is 0 Å². The van der Waals surface area contributed by atoms with Crippen LogP contribution in [0.4, 0.5) is 0 Å². The maximum absolute atomic E-state index is 12.2. The number of rotatable bonds is 5. The molecular weight excluding hydrogens is 384 g/mol. The molecule has 0 saturated heterocycles. The lowest BCUT2D eigenvalue weighted by Gasteiger charge is -2.11. The fourth-order valence-corrected chi connectivity index (χ4v) is 2.69. The maximum Gasteiger partial charge on any atom is 0.387 e. The number of hydrogen-bond acceptors (Lipinski definition) is 7. The van der Waals surface area contributed by atoms with E-state index in [-0.39, 0.29) is 5.78 Å². The molecule has 0 aromatic carbocycles. The van der Waals surface area contributed by atoms with Gasteiger partial charge in [-0.05, 0) is 18.6 Å². The van der Waals surface area contributed by atoms with Gasteiger partial charge in [-0.2, -0.15) is 22.2 Å². The topological polar surface area (TPSA) is 112 Å². The highest BCUT2D eigenvalue weighted by Crippen LogP contribution is 2.14. The zero-order valence-corrected chi connectivity index (χ0v) is 15.7. The fourth-order valence-electron chi connectivity index (χ4n) is 2.17. The third-order valence-corrected chi connectivity index (χ3v) is 5.01. The predicted octanol–water partition coefficient (Wildman–Crippen LogP) is 0.481. The molecule has 3 aromatic rings. The summed E-state index contributed by atoms with van der Waals surface area (Å²) < 4.78 is 32.1. The molecular formula is C14H15ClN6O4S. The number of fused-ring (bicyclic) bond motifs is 1. The van der Waals surface area contributed by atoms with Crippen LogP contribution in [-0.4, -0.2) is 51.0 Å². The van der Waals surface area contributed by atoms with Crippen molar-refractivity contribution < 1.29 is 12.6 Å². The lowest BCUT2D eigenvalue weighted by atomic mass is 10.3. The van der Waals surface area contributed by atoms with E-state index in [9.17, 15) is 13.2 Å².